The first-order chi connectivity index (χ1) is 6.34. The average molecular weight is 196 g/mol. The first-order valence-electron chi connectivity index (χ1n) is 3.78. The number of hydrogen-bond acceptors (Lipinski definition) is 6. The van der Waals surface area contributed by atoms with Crippen molar-refractivity contribution in [3.8, 4) is 0 Å². The summed E-state index contributed by atoms with van der Waals surface area (Å²) in [7, 11) is 0. The molecule has 13 heavy (non-hydrogen) atoms. The lowest BCUT2D eigenvalue weighted by Crippen LogP contribution is -1.98. The molecular formula is C7H8N4OS. The van der Waals surface area contributed by atoms with Crippen molar-refractivity contribution < 1.29 is 4.52 Å². The number of nitrogens with zero attached hydrogens (tertiary/aromatic N) is 3. The first kappa shape index (κ1) is 8.18. The van der Waals surface area contributed by atoms with Gasteiger partial charge in [-0.2, -0.15) is 4.37 Å². The van der Waals surface area contributed by atoms with Crippen molar-refractivity contribution in [1.29, 1.82) is 0 Å². The summed E-state index contributed by atoms with van der Waals surface area (Å²) in [6, 6.07) is 1.81. The van der Waals surface area contributed by atoms with E-state index in [-0.39, 0.29) is 0 Å². The van der Waals surface area contributed by atoms with E-state index in [1.54, 1.807) is 12.3 Å². The normalized spacial score (nSPS) is 10.2. The van der Waals surface area contributed by atoms with Crippen molar-refractivity contribution >= 4 is 16.7 Å². The molecule has 2 aromatic heterocycles. The van der Waals surface area contributed by atoms with Gasteiger partial charge in [0, 0.05) is 17.6 Å². The van der Waals surface area contributed by atoms with Crippen LogP contribution >= 0.6 is 11.5 Å². The Balaban J connectivity index is 1.93. The number of rotatable bonds is 3. The van der Waals surface area contributed by atoms with Gasteiger partial charge in [-0.1, -0.05) is 5.16 Å². The Kier molecular flexibility index (Phi) is 2.22. The second-order valence-corrected chi connectivity index (χ2v) is 3.24. The van der Waals surface area contributed by atoms with Crippen LogP contribution in [0.1, 0.15) is 11.5 Å². The fourth-order valence-corrected chi connectivity index (χ4v) is 1.43. The maximum Gasteiger partial charge on any atom is 0.202 e. The zero-order valence-electron chi connectivity index (χ0n) is 7.02. The number of nitrogens with one attached hydrogen (secondary N) is 1. The molecule has 1 N–H and O–H groups in total. The summed E-state index contributed by atoms with van der Waals surface area (Å²) in [4.78, 5) is 4.15. The summed E-state index contributed by atoms with van der Waals surface area (Å²) < 4.78 is 8.73. The fourth-order valence-electron chi connectivity index (χ4n) is 0.864. The highest BCUT2D eigenvalue weighted by Gasteiger charge is 2.00. The summed E-state index contributed by atoms with van der Waals surface area (Å²) in [6.45, 7) is 2.48. The molecule has 2 heterocycles. The van der Waals surface area contributed by atoms with Gasteiger partial charge in [-0.05, 0) is 6.92 Å². The van der Waals surface area contributed by atoms with Crippen molar-refractivity contribution in [2.24, 2.45) is 0 Å². The molecule has 0 radical (unpaired) electrons. The minimum Gasteiger partial charge on any atom is -0.364 e. The van der Waals surface area contributed by atoms with E-state index < -0.39 is 0 Å². The monoisotopic (exact) mass is 196 g/mol. The maximum absolute atomic E-state index is 4.69. The lowest BCUT2D eigenvalue weighted by molar-refractivity contribution is 0.412. The molecule has 0 bridgehead atoms. The highest BCUT2D eigenvalue weighted by Crippen LogP contribution is 2.10. The van der Waals surface area contributed by atoms with Crippen LogP contribution in [0.5, 0.6) is 0 Å². The topological polar surface area (TPSA) is 63.8 Å². The van der Waals surface area contributed by atoms with Crippen LogP contribution in [0.3, 0.4) is 0 Å². The molecule has 6 heteroatoms. The van der Waals surface area contributed by atoms with Gasteiger partial charge in [0.15, 0.2) is 0 Å². The lowest BCUT2D eigenvalue weighted by Gasteiger charge is -1.95. The van der Waals surface area contributed by atoms with Crippen LogP contribution in [0.4, 0.5) is 5.13 Å². The van der Waals surface area contributed by atoms with Crippen LogP contribution in [-0.4, -0.2) is 14.5 Å². The van der Waals surface area contributed by atoms with Gasteiger partial charge in [0.2, 0.25) is 5.13 Å². The van der Waals surface area contributed by atoms with Gasteiger partial charge >= 0.3 is 0 Å². The number of aromatic nitrogens is 3. The Morgan fingerprint density at radius 1 is 1.62 bits per heavy atom. The van der Waals surface area contributed by atoms with Crippen LogP contribution in [0, 0.1) is 6.92 Å². The molecule has 0 saturated heterocycles. The fraction of sp³-hybridized carbons (Fsp3) is 0.286. The van der Waals surface area contributed by atoms with Crippen LogP contribution < -0.4 is 5.32 Å². The Morgan fingerprint density at radius 3 is 3.15 bits per heavy atom. The molecule has 0 aliphatic rings. The van der Waals surface area contributed by atoms with Crippen molar-refractivity contribution in [3.05, 3.63) is 23.8 Å². The largest absolute Gasteiger partial charge is 0.364 e. The lowest BCUT2D eigenvalue weighted by atomic mass is 10.4. The first-order valence-corrected chi connectivity index (χ1v) is 4.55. The Morgan fingerprint density at radius 2 is 2.54 bits per heavy atom. The number of aryl methyl sites for hydroxylation is 1. The van der Waals surface area contributed by atoms with Crippen molar-refractivity contribution in [2.75, 3.05) is 5.32 Å². The minimum atomic E-state index is 0.616. The Hall–Kier alpha value is -1.43. The van der Waals surface area contributed by atoms with E-state index in [2.05, 4.69) is 24.4 Å². The molecular weight excluding hydrogens is 188 g/mol. The van der Waals surface area contributed by atoms with E-state index in [1.807, 2.05) is 6.92 Å². The molecule has 0 unspecified atom stereocenters. The molecule has 0 aromatic carbocycles. The van der Waals surface area contributed by atoms with E-state index in [1.165, 1.54) is 11.5 Å². The Bertz CT molecular complexity index is 370. The molecule has 5 nitrogen and oxygen atoms in total. The maximum atomic E-state index is 4.69. The molecule has 0 amide bonds. The predicted molar refractivity (Wildman–Crippen MR) is 48.5 cm³/mol. The van der Waals surface area contributed by atoms with Gasteiger partial charge in [-0.3, -0.25) is 0 Å². The van der Waals surface area contributed by atoms with E-state index >= 15 is 0 Å². The third-order valence-corrected chi connectivity index (χ3v) is 2.20. The molecule has 68 valence electrons. The second-order valence-electron chi connectivity index (χ2n) is 2.49. The standard InChI is InChI=1S/C7H8N4OS/c1-5-9-7(13-11-5)8-4-6-2-3-12-10-6/h2-3H,4H2,1H3,(H,8,9,11). The van der Waals surface area contributed by atoms with Crippen LogP contribution in [0.25, 0.3) is 0 Å². The summed E-state index contributed by atoms with van der Waals surface area (Å²) in [5, 5.41) is 7.65. The van der Waals surface area contributed by atoms with Crippen molar-refractivity contribution in [1.82, 2.24) is 14.5 Å². The smallest absolute Gasteiger partial charge is 0.202 e. The minimum absolute atomic E-state index is 0.616. The molecule has 0 fully saturated rings. The highest BCUT2D eigenvalue weighted by molar-refractivity contribution is 7.09. The van der Waals surface area contributed by atoms with Gasteiger partial charge in [0.25, 0.3) is 0 Å². The number of anilines is 1. The molecule has 0 atom stereocenters. The van der Waals surface area contributed by atoms with Gasteiger partial charge in [-0.15, -0.1) is 0 Å². The van der Waals surface area contributed by atoms with E-state index in [0.29, 0.717) is 6.54 Å². The molecule has 2 rings (SSSR count). The molecule has 0 aliphatic heterocycles. The third kappa shape index (κ3) is 2.03. The van der Waals surface area contributed by atoms with E-state index in [9.17, 15) is 0 Å². The van der Waals surface area contributed by atoms with Gasteiger partial charge in [0.05, 0.1) is 6.54 Å². The molecule has 0 aliphatic carbocycles. The van der Waals surface area contributed by atoms with Crippen LogP contribution in [-0.2, 0) is 6.54 Å². The van der Waals surface area contributed by atoms with Gasteiger partial charge < -0.3 is 9.84 Å². The summed E-state index contributed by atoms with van der Waals surface area (Å²) >= 11 is 1.34. The zero-order valence-corrected chi connectivity index (χ0v) is 7.84. The SMILES string of the molecule is Cc1nsc(NCc2ccon2)n1. The van der Waals surface area contributed by atoms with Crippen molar-refractivity contribution in [2.45, 2.75) is 13.5 Å². The quantitative estimate of drug-likeness (QED) is 0.804. The predicted octanol–water partition coefficient (Wildman–Crippen LogP) is 1.45. The van der Waals surface area contributed by atoms with Crippen molar-refractivity contribution in [3.63, 3.8) is 0 Å². The van der Waals surface area contributed by atoms with Gasteiger partial charge in [-0.25, -0.2) is 4.98 Å². The van der Waals surface area contributed by atoms with E-state index in [4.69, 9.17) is 0 Å². The van der Waals surface area contributed by atoms with E-state index in [0.717, 1.165) is 16.6 Å². The average Bonchev–Trinajstić information content (AvgIpc) is 2.71. The summed E-state index contributed by atoms with van der Waals surface area (Å²) in [5.74, 6) is 0.785. The number of hydrogen-bond donors (Lipinski definition) is 1. The second kappa shape index (κ2) is 3.53. The summed E-state index contributed by atoms with van der Waals surface area (Å²) in [5.41, 5.74) is 0.854. The third-order valence-electron chi connectivity index (χ3n) is 1.44. The molecule has 0 spiro atoms. The molecule has 0 saturated carbocycles. The van der Waals surface area contributed by atoms with Crippen LogP contribution in [0.15, 0.2) is 16.9 Å². The van der Waals surface area contributed by atoms with Crippen LogP contribution in [0.2, 0.25) is 0 Å². The Labute approximate surface area is 79.0 Å². The summed E-state index contributed by atoms with van der Waals surface area (Å²) in [6.07, 6.45) is 1.54. The molecule has 2 aromatic rings. The highest BCUT2D eigenvalue weighted by atomic mass is 32.1. The van der Waals surface area contributed by atoms with Gasteiger partial charge in [0.1, 0.15) is 17.8 Å². The zero-order chi connectivity index (χ0) is 9.10.